The van der Waals surface area contributed by atoms with Crippen LogP contribution < -0.4 is 63.8 Å². The molecule has 0 saturated carbocycles. The number of aliphatic hydroxyl groups excluding tert-OH is 3. The predicted molar refractivity (Wildman–Crippen MR) is 55.2 cm³/mol. The molecular weight excluding hydrogens is 372 g/mol. The smallest absolute Gasteiger partial charge is 0.735 e. The van der Waals surface area contributed by atoms with Gasteiger partial charge >= 0.3 is 59.1 Å². The van der Waals surface area contributed by atoms with Gasteiger partial charge in [-0.15, -0.1) is 0 Å². The van der Waals surface area contributed by atoms with E-state index in [0.717, 1.165) is 0 Å². The zero-order valence-corrected chi connectivity index (χ0v) is 17.2. The molecule has 0 amide bonds. The average Bonchev–Trinajstić information content (AvgIpc) is 2.25. The molecule has 1 rings (SSSR count). The van der Waals surface area contributed by atoms with Gasteiger partial charge in [0, 0.05) is 0 Å². The van der Waals surface area contributed by atoms with Crippen LogP contribution in [0.15, 0.2) is 0 Å². The molecule has 22 heavy (non-hydrogen) atoms. The number of nitrogens with one attached hydrogen (secondary N) is 1. The van der Waals surface area contributed by atoms with E-state index in [1.54, 1.807) is 0 Å². The van der Waals surface area contributed by atoms with Gasteiger partial charge in [0.2, 0.25) is 10.4 Å². The van der Waals surface area contributed by atoms with Crippen molar-refractivity contribution >= 4 is 20.7 Å². The van der Waals surface area contributed by atoms with E-state index >= 15 is 0 Å². The normalized spacial score (nSPS) is 32.7. The molecule has 1 aliphatic rings. The largest absolute Gasteiger partial charge is 1.00 e. The molecule has 1 aliphatic heterocycles. The first kappa shape index (κ1) is 25.8. The van der Waals surface area contributed by atoms with Gasteiger partial charge in [-0.3, -0.25) is 4.18 Å². The van der Waals surface area contributed by atoms with E-state index in [0.29, 0.717) is 0 Å². The van der Waals surface area contributed by atoms with Crippen LogP contribution in [-0.4, -0.2) is 78.5 Å². The molecule has 0 spiro atoms. The van der Waals surface area contributed by atoms with Gasteiger partial charge in [-0.05, 0) is 0 Å². The summed E-state index contributed by atoms with van der Waals surface area (Å²) in [5, 5.41) is 27.9. The maximum atomic E-state index is 10.6. The summed E-state index contributed by atoms with van der Waals surface area (Å²) in [6.45, 7) is -0.895. The predicted octanol–water partition coefficient (Wildman–Crippen LogP) is -10.7. The van der Waals surface area contributed by atoms with Crippen molar-refractivity contribution < 1.29 is 109 Å². The molecule has 0 unspecified atom stereocenters. The van der Waals surface area contributed by atoms with E-state index in [-0.39, 0.29) is 59.1 Å². The van der Waals surface area contributed by atoms with Crippen LogP contribution in [0.3, 0.4) is 0 Å². The van der Waals surface area contributed by atoms with Gasteiger partial charge in [-0.25, -0.2) is 21.6 Å². The summed E-state index contributed by atoms with van der Waals surface area (Å²) in [5.74, 6) is 0. The number of hydrogen-bond acceptors (Lipinski definition) is 11. The zero-order valence-electron chi connectivity index (χ0n) is 11.5. The fourth-order valence-corrected chi connectivity index (χ4v) is 2.72. The van der Waals surface area contributed by atoms with Gasteiger partial charge in [0.15, 0.2) is 16.6 Å². The van der Waals surface area contributed by atoms with E-state index < -0.39 is 58.0 Å². The Morgan fingerprint density at radius 2 is 1.64 bits per heavy atom. The van der Waals surface area contributed by atoms with Crippen LogP contribution in [0.1, 0.15) is 0 Å². The fourth-order valence-electron chi connectivity index (χ4n) is 1.63. The SMILES string of the molecule is O=S(=O)([O-])N[C@@H]1[C@@H](OS(=O)(=O)[O-])[C@H](O)[C@@H](CO)O[C@@H]1O.[Na+].[Na+]. The van der Waals surface area contributed by atoms with Crippen molar-refractivity contribution in [2.45, 2.75) is 30.6 Å². The Morgan fingerprint density at radius 3 is 2.00 bits per heavy atom. The van der Waals surface area contributed by atoms with Crippen LogP contribution in [-0.2, 0) is 29.6 Å². The van der Waals surface area contributed by atoms with Gasteiger partial charge in [0.25, 0.3) is 0 Å². The van der Waals surface area contributed by atoms with Crippen LogP contribution >= 0.6 is 0 Å². The van der Waals surface area contributed by atoms with Crippen molar-refractivity contribution in [2.75, 3.05) is 6.61 Å². The summed E-state index contributed by atoms with van der Waals surface area (Å²) in [7, 11) is -10.6. The third kappa shape index (κ3) is 8.11. The molecule has 0 aromatic rings. The summed E-state index contributed by atoms with van der Waals surface area (Å²) in [5.41, 5.74) is 0. The second kappa shape index (κ2) is 9.91. The molecule has 1 saturated heterocycles. The minimum Gasteiger partial charge on any atom is -0.735 e. The standard InChI is InChI=1S/C6H13NO11S2.2Na/c8-1-2-4(9)5(18-20(14,15)16)3(6(10)17-2)7-19(11,12)13;;/h2-10H,1H2,(H,11,12,13)(H,14,15,16);;/q;2*+1/p-2/t2-,3-,4-,5-,6+;;/m1../s1. The monoisotopic (exact) mass is 383 g/mol. The first-order chi connectivity index (χ1) is 8.94. The molecule has 4 N–H and O–H groups in total. The Labute approximate surface area is 170 Å². The molecule has 1 heterocycles. The Morgan fingerprint density at radius 1 is 1.14 bits per heavy atom. The van der Waals surface area contributed by atoms with Crippen LogP contribution in [0.5, 0.6) is 0 Å². The summed E-state index contributed by atoms with van der Waals surface area (Å²) in [6, 6.07) is -2.06. The summed E-state index contributed by atoms with van der Waals surface area (Å²) < 4.78 is 73.0. The fraction of sp³-hybridized carbons (Fsp3) is 1.00. The summed E-state index contributed by atoms with van der Waals surface area (Å²) >= 11 is 0. The molecule has 0 aliphatic carbocycles. The quantitative estimate of drug-likeness (QED) is 0.199. The van der Waals surface area contributed by atoms with E-state index in [9.17, 15) is 36.2 Å². The summed E-state index contributed by atoms with van der Waals surface area (Å²) in [4.78, 5) is 0. The van der Waals surface area contributed by atoms with Crippen molar-refractivity contribution in [3.8, 4) is 0 Å². The maximum Gasteiger partial charge on any atom is 1.00 e. The van der Waals surface area contributed by atoms with Crippen molar-refractivity contribution in [1.82, 2.24) is 4.72 Å². The second-order valence-electron chi connectivity index (χ2n) is 3.81. The maximum absolute atomic E-state index is 10.6. The van der Waals surface area contributed by atoms with Crippen LogP contribution in [0.4, 0.5) is 0 Å². The molecule has 0 aromatic heterocycles. The van der Waals surface area contributed by atoms with E-state index in [4.69, 9.17) is 5.11 Å². The van der Waals surface area contributed by atoms with Gasteiger partial charge in [-0.2, -0.15) is 0 Å². The first-order valence-corrected chi connectivity index (χ1v) is 7.68. The minimum atomic E-state index is -5.40. The number of ether oxygens (including phenoxy) is 1. The van der Waals surface area contributed by atoms with Gasteiger partial charge in [0.05, 0.1) is 6.61 Å². The number of aliphatic hydroxyl groups is 3. The topological polar surface area (TPSA) is 206 Å². The third-order valence-electron chi connectivity index (χ3n) is 2.38. The zero-order chi connectivity index (χ0) is 15.7. The first-order valence-electron chi connectivity index (χ1n) is 4.94. The molecule has 16 heteroatoms. The second-order valence-corrected chi connectivity index (χ2v) is 5.96. The molecule has 0 radical (unpaired) electrons. The van der Waals surface area contributed by atoms with Gasteiger partial charge < -0.3 is 29.2 Å². The van der Waals surface area contributed by atoms with Crippen molar-refractivity contribution in [2.24, 2.45) is 0 Å². The minimum absolute atomic E-state index is 0. The molecule has 0 aromatic carbocycles. The van der Waals surface area contributed by atoms with Crippen LogP contribution in [0.2, 0.25) is 0 Å². The molecule has 12 nitrogen and oxygen atoms in total. The number of hydrogen-bond donors (Lipinski definition) is 4. The van der Waals surface area contributed by atoms with Crippen LogP contribution in [0, 0.1) is 0 Å². The van der Waals surface area contributed by atoms with Crippen LogP contribution in [0.25, 0.3) is 0 Å². The van der Waals surface area contributed by atoms with Crippen molar-refractivity contribution in [1.29, 1.82) is 0 Å². The average molecular weight is 383 g/mol. The Balaban J connectivity index is 0. The molecule has 0 bridgehead atoms. The Bertz CT molecular complexity index is 539. The Kier molecular flexibility index (Phi) is 11.6. The molecule has 5 atom stereocenters. The van der Waals surface area contributed by atoms with Crippen molar-refractivity contribution in [3.63, 3.8) is 0 Å². The summed E-state index contributed by atoms with van der Waals surface area (Å²) in [6.07, 6.45) is -7.83. The Hall–Kier alpha value is 1.58. The molecule has 120 valence electrons. The van der Waals surface area contributed by atoms with Gasteiger partial charge in [0.1, 0.15) is 24.4 Å². The van der Waals surface area contributed by atoms with Crippen molar-refractivity contribution in [3.05, 3.63) is 0 Å². The third-order valence-corrected chi connectivity index (χ3v) is 3.40. The van der Waals surface area contributed by atoms with E-state index in [2.05, 4.69) is 8.92 Å². The van der Waals surface area contributed by atoms with Gasteiger partial charge in [-0.1, -0.05) is 0 Å². The molecular formula is C6H11NNa2O11S2. The number of rotatable bonds is 5. The molecule has 1 fully saturated rings. The van der Waals surface area contributed by atoms with E-state index in [1.807, 2.05) is 0 Å². The van der Waals surface area contributed by atoms with E-state index in [1.165, 1.54) is 4.72 Å².